The number of hydrogen-bond donors (Lipinski definition) is 1. The molecule has 1 atom stereocenters. The van der Waals surface area contributed by atoms with Gasteiger partial charge in [-0.15, -0.1) is 12.4 Å². The van der Waals surface area contributed by atoms with E-state index in [9.17, 15) is 0 Å². The van der Waals surface area contributed by atoms with E-state index in [0.717, 1.165) is 5.92 Å². The summed E-state index contributed by atoms with van der Waals surface area (Å²) in [6.07, 6.45) is 6.83. The van der Waals surface area contributed by atoms with Gasteiger partial charge in [0, 0.05) is 12.6 Å². The number of nitrogens with one attached hydrogen (secondary N) is 1. The Hall–Kier alpha value is -0.570. The van der Waals surface area contributed by atoms with E-state index in [0.29, 0.717) is 6.04 Å². The lowest BCUT2D eigenvalue weighted by Crippen LogP contribution is -2.40. The third-order valence-electron chi connectivity index (χ3n) is 4.75. The minimum absolute atomic E-state index is 0. The first-order valence-corrected chi connectivity index (χ1v) is 7.93. The molecule has 2 fully saturated rings. The van der Waals surface area contributed by atoms with Crippen molar-refractivity contribution < 1.29 is 0 Å². The van der Waals surface area contributed by atoms with Crippen molar-refractivity contribution in [3.05, 3.63) is 35.9 Å². The van der Waals surface area contributed by atoms with Gasteiger partial charge in [-0.3, -0.25) is 4.90 Å². The van der Waals surface area contributed by atoms with Crippen molar-refractivity contribution in [1.29, 1.82) is 0 Å². The summed E-state index contributed by atoms with van der Waals surface area (Å²) in [5.41, 5.74) is 1.52. The Kier molecular flexibility index (Phi) is 6.34. The van der Waals surface area contributed by atoms with E-state index in [4.69, 9.17) is 0 Å². The van der Waals surface area contributed by atoms with Crippen molar-refractivity contribution in [1.82, 2.24) is 10.2 Å². The fourth-order valence-electron chi connectivity index (χ4n) is 3.66. The number of hydrogen-bond acceptors (Lipinski definition) is 2. The summed E-state index contributed by atoms with van der Waals surface area (Å²) in [6, 6.07) is 11.8. The second-order valence-corrected chi connectivity index (χ2v) is 6.11. The smallest absolute Gasteiger partial charge is 0.0348 e. The number of halogens is 1. The van der Waals surface area contributed by atoms with Gasteiger partial charge in [0.15, 0.2) is 0 Å². The fourth-order valence-corrected chi connectivity index (χ4v) is 3.66. The zero-order valence-corrected chi connectivity index (χ0v) is 13.1. The number of benzene rings is 1. The largest absolute Gasteiger partial charge is 0.317 e. The van der Waals surface area contributed by atoms with Gasteiger partial charge in [-0.2, -0.15) is 0 Å². The van der Waals surface area contributed by atoms with Crippen LogP contribution < -0.4 is 5.32 Å². The van der Waals surface area contributed by atoms with Crippen molar-refractivity contribution >= 4 is 12.4 Å². The molecule has 0 aromatic heterocycles. The second-order valence-electron chi connectivity index (χ2n) is 6.11. The molecule has 1 aromatic carbocycles. The molecule has 112 valence electrons. The van der Waals surface area contributed by atoms with E-state index in [-0.39, 0.29) is 12.4 Å². The first kappa shape index (κ1) is 15.8. The van der Waals surface area contributed by atoms with Gasteiger partial charge in [0.05, 0.1) is 0 Å². The minimum atomic E-state index is 0. The zero-order valence-electron chi connectivity index (χ0n) is 12.3. The Morgan fingerprint density at radius 3 is 2.50 bits per heavy atom. The van der Waals surface area contributed by atoms with Crippen LogP contribution in [0.5, 0.6) is 0 Å². The average molecular weight is 295 g/mol. The van der Waals surface area contributed by atoms with Crippen LogP contribution >= 0.6 is 12.4 Å². The van der Waals surface area contributed by atoms with Gasteiger partial charge < -0.3 is 5.32 Å². The van der Waals surface area contributed by atoms with Crippen LogP contribution in [0, 0.1) is 5.92 Å². The van der Waals surface area contributed by atoms with Crippen molar-refractivity contribution in [2.45, 2.75) is 38.1 Å². The molecule has 0 saturated carbocycles. The maximum absolute atomic E-state index is 3.48. The Morgan fingerprint density at radius 1 is 1.00 bits per heavy atom. The van der Waals surface area contributed by atoms with Crippen molar-refractivity contribution in [2.75, 3.05) is 26.2 Å². The minimum Gasteiger partial charge on any atom is -0.317 e. The molecule has 2 heterocycles. The van der Waals surface area contributed by atoms with E-state index in [1.54, 1.807) is 0 Å². The summed E-state index contributed by atoms with van der Waals surface area (Å²) in [6.45, 7) is 5.04. The van der Waals surface area contributed by atoms with Crippen LogP contribution in [0.4, 0.5) is 0 Å². The molecule has 0 radical (unpaired) electrons. The molecular formula is C17H27ClN2. The van der Waals surface area contributed by atoms with Crippen LogP contribution in [0.25, 0.3) is 0 Å². The molecule has 0 aliphatic carbocycles. The van der Waals surface area contributed by atoms with Gasteiger partial charge in [0.2, 0.25) is 0 Å². The lowest BCUT2D eigenvalue weighted by molar-refractivity contribution is 0.115. The normalized spacial score (nSPS) is 25.1. The average Bonchev–Trinajstić information content (AvgIpc) is 2.50. The monoisotopic (exact) mass is 294 g/mol. The third kappa shape index (κ3) is 3.97. The SMILES string of the molecule is Cl.c1ccc(C2CCCCN2CC2CCNCC2)cc1. The molecular weight excluding hydrogens is 268 g/mol. The fraction of sp³-hybridized carbons (Fsp3) is 0.647. The van der Waals surface area contributed by atoms with Gasteiger partial charge in [0.25, 0.3) is 0 Å². The molecule has 2 saturated heterocycles. The Morgan fingerprint density at radius 2 is 1.75 bits per heavy atom. The van der Waals surface area contributed by atoms with Crippen LogP contribution in [-0.4, -0.2) is 31.1 Å². The predicted octanol–water partition coefficient (Wildman–Crippen LogP) is 3.64. The van der Waals surface area contributed by atoms with Crippen molar-refractivity contribution in [3.63, 3.8) is 0 Å². The van der Waals surface area contributed by atoms with E-state index in [1.807, 2.05) is 0 Å². The topological polar surface area (TPSA) is 15.3 Å². The Balaban J connectivity index is 0.00000147. The van der Waals surface area contributed by atoms with Crippen LogP contribution in [0.2, 0.25) is 0 Å². The van der Waals surface area contributed by atoms with E-state index in [2.05, 4.69) is 40.5 Å². The summed E-state index contributed by atoms with van der Waals surface area (Å²) in [5, 5.41) is 3.48. The summed E-state index contributed by atoms with van der Waals surface area (Å²) in [4.78, 5) is 2.76. The highest BCUT2D eigenvalue weighted by atomic mass is 35.5. The Bertz CT molecular complexity index is 376. The van der Waals surface area contributed by atoms with E-state index < -0.39 is 0 Å². The lowest BCUT2D eigenvalue weighted by Gasteiger charge is -2.39. The quantitative estimate of drug-likeness (QED) is 0.916. The summed E-state index contributed by atoms with van der Waals surface area (Å²) in [5.74, 6) is 0.908. The summed E-state index contributed by atoms with van der Waals surface area (Å²) < 4.78 is 0. The number of likely N-dealkylation sites (tertiary alicyclic amines) is 1. The molecule has 3 rings (SSSR count). The molecule has 1 aromatic rings. The summed E-state index contributed by atoms with van der Waals surface area (Å²) >= 11 is 0. The summed E-state index contributed by atoms with van der Waals surface area (Å²) in [7, 11) is 0. The van der Waals surface area contributed by atoms with Gasteiger partial charge in [-0.1, -0.05) is 36.8 Å². The predicted molar refractivity (Wildman–Crippen MR) is 87.4 cm³/mol. The molecule has 0 amide bonds. The standard InChI is InChI=1S/C17H26N2.ClH/c1-2-6-16(7-3-1)17-8-4-5-13-19(17)14-15-9-11-18-12-10-15;/h1-3,6-7,15,17-18H,4-5,8-14H2;1H. The molecule has 2 aliphatic rings. The van der Waals surface area contributed by atoms with Crippen LogP contribution in [0.3, 0.4) is 0 Å². The molecule has 0 bridgehead atoms. The number of nitrogens with zero attached hydrogens (tertiary/aromatic N) is 1. The van der Waals surface area contributed by atoms with Gasteiger partial charge >= 0.3 is 0 Å². The lowest BCUT2D eigenvalue weighted by atomic mass is 9.91. The third-order valence-corrected chi connectivity index (χ3v) is 4.75. The number of rotatable bonds is 3. The van der Waals surface area contributed by atoms with Gasteiger partial charge in [-0.05, 0) is 56.8 Å². The van der Waals surface area contributed by atoms with Crippen LogP contribution in [-0.2, 0) is 0 Å². The molecule has 1 N–H and O–H groups in total. The maximum atomic E-state index is 3.48. The van der Waals surface area contributed by atoms with Gasteiger partial charge in [-0.25, -0.2) is 0 Å². The molecule has 20 heavy (non-hydrogen) atoms. The number of piperidine rings is 2. The van der Waals surface area contributed by atoms with E-state index >= 15 is 0 Å². The highest BCUT2D eigenvalue weighted by molar-refractivity contribution is 5.85. The molecule has 1 unspecified atom stereocenters. The molecule has 3 heteroatoms. The van der Waals surface area contributed by atoms with Crippen LogP contribution in [0.15, 0.2) is 30.3 Å². The van der Waals surface area contributed by atoms with Crippen LogP contribution in [0.1, 0.15) is 43.7 Å². The highest BCUT2D eigenvalue weighted by Gasteiger charge is 2.26. The molecule has 0 spiro atoms. The van der Waals surface area contributed by atoms with Crippen molar-refractivity contribution in [3.8, 4) is 0 Å². The Labute approximate surface area is 129 Å². The highest BCUT2D eigenvalue weighted by Crippen LogP contribution is 2.32. The van der Waals surface area contributed by atoms with E-state index in [1.165, 1.54) is 63.8 Å². The first-order valence-electron chi connectivity index (χ1n) is 7.93. The van der Waals surface area contributed by atoms with Gasteiger partial charge in [0.1, 0.15) is 0 Å². The zero-order chi connectivity index (χ0) is 12.9. The first-order chi connectivity index (χ1) is 9.43. The molecule has 2 nitrogen and oxygen atoms in total. The van der Waals surface area contributed by atoms with Crippen molar-refractivity contribution in [2.24, 2.45) is 5.92 Å². The second kappa shape index (κ2) is 8.02. The maximum Gasteiger partial charge on any atom is 0.0348 e. The molecule has 2 aliphatic heterocycles.